The molecule has 5 heterocycles. The van der Waals surface area contributed by atoms with Crippen molar-refractivity contribution in [1.29, 1.82) is 0 Å². The fraction of sp³-hybridized carbons (Fsp3) is 0.125. The van der Waals surface area contributed by atoms with Gasteiger partial charge in [0.2, 0.25) is 0 Å². The van der Waals surface area contributed by atoms with Gasteiger partial charge in [-0.25, -0.2) is 9.97 Å². The molecule has 0 radical (unpaired) electrons. The number of aromatic nitrogens is 3. The van der Waals surface area contributed by atoms with E-state index < -0.39 is 0 Å². The Hall–Kier alpha value is -3.93. The minimum atomic E-state index is 0.137. The average Bonchev–Trinajstić information content (AvgIpc) is 3.14. The summed E-state index contributed by atoms with van der Waals surface area (Å²) >= 11 is 0. The maximum Gasteiger partial charge on any atom is 0.129 e. The van der Waals surface area contributed by atoms with Crippen molar-refractivity contribution in [2.24, 2.45) is 0 Å². The van der Waals surface area contributed by atoms with E-state index in [0.29, 0.717) is 0 Å². The van der Waals surface area contributed by atoms with Gasteiger partial charge in [0.15, 0.2) is 0 Å². The van der Waals surface area contributed by atoms with Crippen molar-refractivity contribution in [2.45, 2.75) is 13.1 Å². The summed E-state index contributed by atoms with van der Waals surface area (Å²) in [7, 11) is 0. The van der Waals surface area contributed by atoms with Crippen LogP contribution in [-0.2, 0) is 0 Å². The van der Waals surface area contributed by atoms with Crippen LogP contribution in [0.1, 0.15) is 12.5 Å². The summed E-state index contributed by atoms with van der Waals surface area (Å²) in [5.74, 6) is 0. The highest BCUT2D eigenvalue weighted by Gasteiger charge is 2.42. The molecule has 146 valence electrons. The summed E-state index contributed by atoms with van der Waals surface area (Å²) in [5, 5.41) is 0. The van der Waals surface area contributed by atoms with Crippen molar-refractivity contribution in [3.63, 3.8) is 0 Å². The number of allylic oxidation sites excluding steroid dienone is 4. The number of rotatable bonds is 2. The monoisotopic (exact) mass is 392 g/mol. The van der Waals surface area contributed by atoms with Crippen LogP contribution in [-0.4, -0.2) is 32.6 Å². The van der Waals surface area contributed by atoms with E-state index in [0.717, 1.165) is 12.2 Å². The second-order valence-corrected chi connectivity index (χ2v) is 7.58. The first-order chi connectivity index (χ1) is 14.8. The predicted octanol–water partition coefficient (Wildman–Crippen LogP) is 4.31. The number of benzene rings is 1. The van der Waals surface area contributed by atoms with Gasteiger partial charge in [0.25, 0.3) is 0 Å². The Labute approximate surface area is 175 Å². The van der Waals surface area contributed by atoms with Gasteiger partial charge in [-0.15, -0.1) is 0 Å². The zero-order valence-corrected chi connectivity index (χ0v) is 16.6. The molecule has 0 unspecified atom stereocenters. The molecule has 0 N–H and O–H groups in total. The Bertz CT molecular complexity index is 1200. The molecule has 0 saturated heterocycles. The average molecular weight is 392 g/mol. The number of anilines is 3. The second-order valence-electron chi connectivity index (χ2n) is 7.58. The van der Waals surface area contributed by atoms with Crippen LogP contribution < -0.4 is 9.80 Å². The minimum absolute atomic E-state index is 0.137. The third-order valence-electron chi connectivity index (χ3n) is 5.96. The lowest BCUT2D eigenvalue weighted by atomic mass is 10.0. The maximum atomic E-state index is 4.26. The Morgan fingerprint density at radius 2 is 1.63 bits per heavy atom. The quantitative estimate of drug-likeness (QED) is 0.648. The van der Waals surface area contributed by atoms with Gasteiger partial charge in [0, 0.05) is 24.3 Å². The van der Waals surface area contributed by atoms with Gasteiger partial charge < -0.3 is 14.7 Å². The molecule has 3 aromatic rings. The summed E-state index contributed by atoms with van der Waals surface area (Å²) < 4.78 is 0. The fourth-order valence-corrected chi connectivity index (χ4v) is 4.63. The van der Waals surface area contributed by atoms with Crippen LogP contribution in [0.2, 0.25) is 0 Å². The first-order valence-corrected chi connectivity index (χ1v) is 10.0. The number of pyridine rings is 1. The van der Waals surface area contributed by atoms with Crippen molar-refractivity contribution in [2.75, 3.05) is 16.3 Å². The largest absolute Gasteiger partial charge is 0.343 e. The number of para-hydroxylation sites is 2. The zero-order chi connectivity index (χ0) is 20.1. The summed E-state index contributed by atoms with van der Waals surface area (Å²) in [6, 6.07) is 12.7. The molecular weight excluding hydrogens is 372 g/mol. The van der Waals surface area contributed by atoms with E-state index in [1.807, 2.05) is 24.8 Å². The highest BCUT2D eigenvalue weighted by atomic mass is 15.5. The van der Waals surface area contributed by atoms with Crippen molar-refractivity contribution in [3.8, 4) is 0 Å². The Morgan fingerprint density at radius 1 is 0.900 bits per heavy atom. The number of hydrogen-bond acceptors (Lipinski definition) is 6. The summed E-state index contributed by atoms with van der Waals surface area (Å²) in [4.78, 5) is 19.8. The normalized spacial score (nSPS) is 19.4. The van der Waals surface area contributed by atoms with E-state index in [2.05, 4.69) is 91.3 Å². The third kappa shape index (κ3) is 2.47. The molecule has 1 atom stereocenters. The van der Waals surface area contributed by atoms with Gasteiger partial charge in [-0.2, -0.15) is 0 Å². The van der Waals surface area contributed by atoms with E-state index in [-0.39, 0.29) is 6.17 Å². The molecule has 6 nitrogen and oxygen atoms in total. The molecular formula is C24H20N6. The maximum absolute atomic E-state index is 4.26. The third-order valence-corrected chi connectivity index (χ3v) is 5.96. The molecule has 0 bridgehead atoms. The Kier molecular flexibility index (Phi) is 3.71. The highest BCUT2D eigenvalue weighted by molar-refractivity contribution is 5.86. The van der Waals surface area contributed by atoms with Crippen LogP contribution in [0.15, 0.2) is 97.3 Å². The van der Waals surface area contributed by atoms with Crippen molar-refractivity contribution >= 4 is 22.6 Å². The van der Waals surface area contributed by atoms with Crippen LogP contribution >= 0.6 is 0 Å². The van der Waals surface area contributed by atoms with Gasteiger partial charge >= 0.3 is 0 Å². The van der Waals surface area contributed by atoms with Crippen molar-refractivity contribution in [1.82, 2.24) is 19.9 Å². The summed E-state index contributed by atoms with van der Waals surface area (Å²) in [5.41, 5.74) is 8.22. The number of fused-ring (bicyclic) bond motifs is 4. The van der Waals surface area contributed by atoms with E-state index in [1.54, 1.807) is 6.33 Å². The zero-order valence-electron chi connectivity index (χ0n) is 16.6. The van der Waals surface area contributed by atoms with E-state index in [1.165, 1.54) is 33.9 Å². The van der Waals surface area contributed by atoms with E-state index >= 15 is 0 Å². The lowest BCUT2D eigenvalue weighted by Crippen LogP contribution is -2.51. The van der Waals surface area contributed by atoms with Gasteiger partial charge in [-0.1, -0.05) is 12.1 Å². The molecule has 6 heteroatoms. The van der Waals surface area contributed by atoms with Crippen LogP contribution in [0.5, 0.6) is 0 Å². The van der Waals surface area contributed by atoms with Crippen LogP contribution in [0.4, 0.5) is 17.1 Å². The molecule has 3 aliphatic rings. The van der Waals surface area contributed by atoms with Crippen LogP contribution in [0, 0.1) is 0 Å². The molecule has 3 aliphatic heterocycles. The molecule has 2 aromatic heterocycles. The van der Waals surface area contributed by atoms with Gasteiger partial charge in [0.1, 0.15) is 12.5 Å². The molecule has 0 amide bonds. The highest BCUT2D eigenvalue weighted by Crippen LogP contribution is 2.48. The van der Waals surface area contributed by atoms with Gasteiger partial charge in [-0.3, -0.25) is 4.98 Å². The first kappa shape index (κ1) is 17.0. The topological polar surface area (TPSA) is 48.4 Å². The first-order valence-electron chi connectivity index (χ1n) is 10.0. The predicted molar refractivity (Wildman–Crippen MR) is 118 cm³/mol. The lowest BCUT2D eigenvalue weighted by molar-refractivity contribution is 0.395. The Balaban J connectivity index is 1.49. The molecule has 30 heavy (non-hydrogen) atoms. The summed E-state index contributed by atoms with van der Waals surface area (Å²) in [6.45, 7) is 3.04. The second kappa shape index (κ2) is 6.56. The summed E-state index contributed by atoms with van der Waals surface area (Å²) in [6.07, 6.45) is 15.8. The minimum Gasteiger partial charge on any atom is -0.343 e. The molecule has 0 aliphatic carbocycles. The lowest BCUT2D eigenvalue weighted by Gasteiger charge is -2.43. The van der Waals surface area contributed by atoms with E-state index in [9.17, 15) is 0 Å². The van der Waals surface area contributed by atoms with Gasteiger partial charge in [-0.05, 0) is 54.5 Å². The van der Waals surface area contributed by atoms with Crippen LogP contribution in [0.25, 0.3) is 5.57 Å². The van der Waals surface area contributed by atoms with Gasteiger partial charge in [0.05, 0.1) is 41.7 Å². The standard InChI is InChI=1S/C24H20N6/c1-17-23-12-19(18-6-9-25-10-7-18)8-11-28(23)15-24-29(17)21-4-2-3-5-22(21)30(24)20-13-26-16-27-14-20/h2-14,16,24H,15H2,1H3/t24-/m1/s1. The van der Waals surface area contributed by atoms with Crippen LogP contribution in [0.3, 0.4) is 0 Å². The number of hydrogen-bond donors (Lipinski definition) is 0. The molecule has 1 aromatic carbocycles. The SMILES string of the molecule is CC1=C2C=C(c3ccncc3)C=CN2C[C@@H]2N1c1ccccc1N2c1cncnc1. The molecule has 0 fully saturated rings. The molecule has 0 spiro atoms. The molecule has 6 rings (SSSR count). The smallest absolute Gasteiger partial charge is 0.129 e. The number of nitrogens with zero attached hydrogens (tertiary/aromatic N) is 6. The molecule has 0 saturated carbocycles. The van der Waals surface area contributed by atoms with Crippen molar-refractivity contribution in [3.05, 3.63) is 103 Å². The van der Waals surface area contributed by atoms with Crippen molar-refractivity contribution < 1.29 is 0 Å². The fourth-order valence-electron chi connectivity index (χ4n) is 4.63. The van der Waals surface area contributed by atoms with E-state index in [4.69, 9.17) is 0 Å². The Morgan fingerprint density at radius 3 is 2.40 bits per heavy atom.